The number of carbonyl (C=O) groups excluding carboxylic acids is 4. The highest BCUT2D eigenvalue weighted by molar-refractivity contribution is 7.47. The van der Waals surface area contributed by atoms with Gasteiger partial charge in [-0.25, -0.2) is 9.13 Å². The normalized spacial score (nSPS) is 14.3. The van der Waals surface area contributed by atoms with Crippen molar-refractivity contribution in [1.82, 2.24) is 0 Å². The molecule has 0 aromatic carbocycles. The maximum atomic E-state index is 13.1. The average molecular weight is 1430 g/mol. The van der Waals surface area contributed by atoms with Crippen molar-refractivity contribution in [2.75, 3.05) is 39.6 Å². The van der Waals surface area contributed by atoms with Gasteiger partial charge in [0.15, 0.2) is 12.2 Å². The van der Waals surface area contributed by atoms with Gasteiger partial charge >= 0.3 is 39.5 Å². The summed E-state index contributed by atoms with van der Waals surface area (Å²) in [5.41, 5.74) is 0. The minimum atomic E-state index is -4.97. The Morgan fingerprint density at radius 1 is 0.296 bits per heavy atom. The van der Waals surface area contributed by atoms with Crippen LogP contribution in [0.15, 0.2) is 72.9 Å². The van der Waals surface area contributed by atoms with E-state index in [1.54, 1.807) is 0 Å². The first-order valence-electron chi connectivity index (χ1n) is 39.2. The molecule has 0 saturated carbocycles. The number of allylic oxidation sites excluding steroid dienone is 12. The van der Waals surface area contributed by atoms with Gasteiger partial charge in [0.1, 0.15) is 19.3 Å². The van der Waals surface area contributed by atoms with Crippen molar-refractivity contribution in [2.45, 2.75) is 367 Å². The van der Waals surface area contributed by atoms with Gasteiger partial charge in [0.2, 0.25) is 0 Å². The average Bonchev–Trinajstić information content (AvgIpc) is 0.986. The Morgan fingerprint density at radius 2 is 0.541 bits per heavy atom. The van der Waals surface area contributed by atoms with Crippen molar-refractivity contribution in [3.8, 4) is 0 Å². The Hall–Kier alpha value is -3.50. The molecule has 5 unspecified atom stereocenters. The fourth-order valence-electron chi connectivity index (χ4n) is 10.6. The molecule has 0 aliphatic rings. The molecule has 0 bridgehead atoms. The highest BCUT2D eigenvalue weighted by Gasteiger charge is 2.30. The van der Waals surface area contributed by atoms with E-state index in [4.69, 9.17) is 37.0 Å². The molecule has 0 aliphatic carbocycles. The zero-order valence-electron chi connectivity index (χ0n) is 62.2. The first-order chi connectivity index (χ1) is 47.7. The molecule has 19 heteroatoms. The van der Waals surface area contributed by atoms with Gasteiger partial charge < -0.3 is 33.8 Å². The standard InChI is InChI=1S/C79H142O17P2/c1-5-9-13-17-21-25-29-32-35-36-39-41-45-48-52-56-60-64-77(82)90-70-75(96-79(84)66-62-58-54-50-46-42-38-34-31-27-23-19-15-11-7-3)72-94-98(87,88)92-68-73(80)67-91-97(85,86)93-71-74(95-78(83)65-61-57-53-49-43-28-24-20-16-12-8-4)69-89-76(81)63-59-55-51-47-44-40-37-33-30-26-22-18-14-10-6-2/h9,13,20-21,24-25,32-35,37-38,73-75,80H,5-8,10-12,14-19,22-23,26-31,36,39-72H2,1-4H3,(H,85,86)(H,87,88)/b13-9-,24-20-,25-21-,35-32-,37-33-,38-34-. The first kappa shape index (κ1) is 94.5. The summed E-state index contributed by atoms with van der Waals surface area (Å²) >= 11 is 0. The summed E-state index contributed by atoms with van der Waals surface area (Å²) in [6.07, 6.45) is 71.7. The van der Waals surface area contributed by atoms with Gasteiger partial charge in [-0.1, -0.05) is 268 Å². The van der Waals surface area contributed by atoms with Crippen LogP contribution in [-0.4, -0.2) is 96.7 Å². The minimum absolute atomic E-state index is 0.0851. The van der Waals surface area contributed by atoms with E-state index in [1.807, 2.05) is 0 Å². The summed E-state index contributed by atoms with van der Waals surface area (Å²) in [5, 5.41) is 10.6. The Bertz CT molecular complexity index is 2140. The maximum absolute atomic E-state index is 13.1. The number of phosphoric ester groups is 2. The second-order valence-electron chi connectivity index (χ2n) is 26.3. The van der Waals surface area contributed by atoms with Crippen molar-refractivity contribution in [3.63, 3.8) is 0 Å². The van der Waals surface area contributed by atoms with Crippen LogP contribution in [0.5, 0.6) is 0 Å². The van der Waals surface area contributed by atoms with Gasteiger partial charge in [-0.2, -0.15) is 0 Å². The van der Waals surface area contributed by atoms with Crippen molar-refractivity contribution >= 4 is 39.5 Å². The second-order valence-corrected chi connectivity index (χ2v) is 29.2. The third kappa shape index (κ3) is 70.9. The first-order valence-corrected chi connectivity index (χ1v) is 42.2. The van der Waals surface area contributed by atoms with E-state index in [-0.39, 0.29) is 25.7 Å². The largest absolute Gasteiger partial charge is 0.472 e. The zero-order chi connectivity index (χ0) is 71.8. The third-order valence-corrected chi connectivity index (χ3v) is 18.5. The van der Waals surface area contributed by atoms with Gasteiger partial charge in [0.05, 0.1) is 26.4 Å². The van der Waals surface area contributed by atoms with Crippen molar-refractivity contribution in [2.24, 2.45) is 0 Å². The molecule has 570 valence electrons. The number of carbonyl (C=O) groups is 4. The maximum Gasteiger partial charge on any atom is 0.472 e. The van der Waals surface area contributed by atoms with Crippen LogP contribution in [0.3, 0.4) is 0 Å². The van der Waals surface area contributed by atoms with Crippen LogP contribution in [0.2, 0.25) is 0 Å². The van der Waals surface area contributed by atoms with E-state index in [9.17, 15) is 43.2 Å². The molecule has 0 fully saturated rings. The topological polar surface area (TPSA) is 237 Å². The lowest BCUT2D eigenvalue weighted by atomic mass is 10.1. The summed E-state index contributed by atoms with van der Waals surface area (Å²) in [6, 6.07) is 0. The SMILES string of the molecule is CC/C=C\C/C=C\C/C=C\CCCCCCCCCC(=O)OCC(COP(=O)(O)OCC(O)COP(=O)(O)OCC(COC(=O)CCCCCCC/C=C\CCCCCCCC)OC(=O)CCCCCCC/C=C\CCCC)OC(=O)CCCCCCC/C=C\CCCCCCCC. The lowest BCUT2D eigenvalue weighted by Crippen LogP contribution is -2.30. The molecular weight excluding hydrogens is 1280 g/mol. The van der Waals surface area contributed by atoms with Crippen molar-refractivity contribution in [3.05, 3.63) is 72.9 Å². The van der Waals surface area contributed by atoms with E-state index < -0.39 is 97.5 Å². The number of esters is 4. The van der Waals surface area contributed by atoms with Crippen LogP contribution in [0.1, 0.15) is 349 Å². The molecular formula is C79H142O17P2. The Kier molecular flexibility index (Phi) is 69.3. The molecule has 0 aromatic heterocycles. The van der Waals surface area contributed by atoms with Crippen LogP contribution in [-0.2, 0) is 65.4 Å². The highest BCUT2D eigenvalue weighted by Crippen LogP contribution is 2.45. The van der Waals surface area contributed by atoms with Gasteiger partial charge in [-0.15, -0.1) is 0 Å². The quantitative estimate of drug-likeness (QED) is 0.0169. The fourth-order valence-corrected chi connectivity index (χ4v) is 12.2. The number of phosphoric acid groups is 2. The van der Waals surface area contributed by atoms with Crippen molar-refractivity contribution < 1.29 is 80.2 Å². The minimum Gasteiger partial charge on any atom is -0.462 e. The van der Waals surface area contributed by atoms with E-state index >= 15 is 0 Å². The van der Waals surface area contributed by atoms with Gasteiger partial charge in [-0.3, -0.25) is 37.3 Å². The fraction of sp³-hybridized carbons (Fsp3) is 0.797. The molecule has 0 saturated heterocycles. The molecule has 0 aliphatic heterocycles. The highest BCUT2D eigenvalue weighted by atomic mass is 31.2. The summed E-state index contributed by atoms with van der Waals surface area (Å²) < 4.78 is 68.5. The number of ether oxygens (including phenoxy) is 4. The lowest BCUT2D eigenvalue weighted by Gasteiger charge is -2.21. The zero-order valence-corrected chi connectivity index (χ0v) is 64.0. The molecule has 3 N–H and O–H groups in total. The van der Waals surface area contributed by atoms with E-state index in [2.05, 4.69) is 101 Å². The van der Waals surface area contributed by atoms with Crippen LogP contribution in [0, 0.1) is 0 Å². The predicted molar refractivity (Wildman–Crippen MR) is 400 cm³/mol. The molecule has 0 rings (SSSR count). The molecule has 17 nitrogen and oxygen atoms in total. The molecule has 0 amide bonds. The van der Waals surface area contributed by atoms with Crippen LogP contribution in [0.25, 0.3) is 0 Å². The van der Waals surface area contributed by atoms with Gasteiger partial charge in [-0.05, 0) is 128 Å². The Labute approximate surface area is 596 Å². The van der Waals surface area contributed by atoms with Crippen LogP contribution >= 0.6 is 15.6 Å². The van der Waals surface area contributed by atoms with Gasteiger partial charge in [0, 0.05) is 25.7 Å². The third-order valence-electron chi connectivity index (χ3n) is 16.6. The molecule has 0 heterocycles. The lowest BCUT2D eigenvalue weighted by molar-refractivity contribution is -0.161. The number of aliphatic hydroxyl groups excluding tert-OH is 1. The van der Waals surface area contributed by atoms with E-state index in [0.717, 1.165) is 180 Å². The molecule has 5 atom stereocenters. The van der Waals surface area contributed by atoms with Crippen molar-refractivity contribution in [1.29, 1.82) is 0 Å². The summed E-state index contributed by atoms with van der Waals surface area (Å²) in [4.78, 5) is 72.9. The Morgan fingerprint density at radius 3 is 0.857 bits per heavy atom. The number of hydrogen-bond donors (Lipinski definition) is 3. The molecule has 0 radical (unpaired) electrons. The van der Waals surface area contributed by atoms with E-state index in [1.165, 1.54) is 89.9 Å². The summed E-state index contributed by atoms with van der Waals surface area (Å²) in [6.45, 7) is 4.72. The number of hydrogen-bond acceptors (Lipinski definition) is 15. The number of rotatable bonds is 74. The summed E-state index contributed by atoms with van der Waals surface area (Å²) in [5.74, 6) is -2.19. The smallest absolute Gasteiger partial charge is 0.462 e. The molecule has 98 heavy (non-hydrogen) atoms. The Balaban J connectivity index is 5.32. The predicted octanol–water partition coefficient (Wildman–Crippen LogP) is 22.4. The number of aliphatic hydroxyl groups is 1. The number of unbranched alkanes of at least 4 members (excludes halogenated alkanes) is 36. The molecule has 0 aromatic rings. The van der Waals surface area contributed by atoms with Crippen LogP contribution < -0.4 is 0 Å². The van der Waals surface area contributed by atoms with Crippen LogP contribution in [0.4, 0.5) is 0 Å². The molecule has 0 spiro atoms. The van der Waals surface area contributed by atoms with E-state index in [0.29, 0.717) is 25.7 Å². The summed E-state index contributed by atoms with van der Waals surface area (Å²) in [7, 11) is -9.95. The monoisotopic (exact) mass is 1420 g/mol. The second kappa shape index (κ2) is 71.9. The van der Waals surface area contributed by atoms with Gasteiger partial charge in [0.25, 0.3) is 0 Å².